The maximum Gasteiger partial charge on any atom is 0.174 e. The fourth-order valence-corrected chi connectivity index (χ4v) is 3.11. The molecule has 4 nitrogen and oxygen atoms in total. The number of thioether (sulfide) groups is 1. The lowest BCUT2D eigenvalue weighted by molar-refractivity contribution is 0.253. The van der Waals surface area contributed by atoms with E-state index in [1.165, 1.54) is 12.8 Å². The number of aliphatic hydroxyl groups excluding tert-OH is 1. The molecule has 1 heterocycles. The fourth-order valence-electron chi connectivity index (χ4n) is 1.25. The van der Waals surface area contributed by atoms with E-state index in [1.807, 2.05) is 6.92 Å². The van der Waals surface area contributed by atoms with Gasteiger partial charge >= 0.3 is 0 Å². The molecule has 0 amide bonds. The average molecular weight is 245 g/mol. The Kier molecular flexibility index (Phi) is 3.96. The molecule has 84 valence electrons. The molecule has 1 aliphatic carbocycles. The number of aryl methyl sites for hydroxylation is 1. The Morgan fingerprint density at radius 3 is 2.93 bits per heavy atom. The average Bonchev–Trinajstić information content (AvgIpc) is 2.95. The predicted octanol–water partition coefficient (Wildman–Crippen LogP) is 1.05. The quantitative estimate of drug-likeness (QED) is 0.734. The Hall–Kier alpha value is -0.170. The smallest absolute Gasteiger partial charge is 0.174 e. The topological polar surface area (TPSA) is 58.0 Å². The van der Waals surface area contributed by atoms with Crippen molar-refractivity contribution < 1.29 is 5.11 Å². The first-order valence-corrected chi connectivity index (χ1v) is 6.88. The van der Waals surface area contributed by atoms with Crippen LogP contribution in [0.1, 0.15) is 17.8 Å². The largest absolute Gasteiger partial charge is 0.395 e. The van der Waals surface area contributed by atoms with Crippen molar-refractivity contribution in [3.05, 3.63) is 5.01 Å². The third kappa shape index (κ3) is 3.71. The maximum atomic E-state index is 9.18. The van der Waals surface area contributed by atoms with Gasteiger partial charge in [0.25, 0.3) is 0 Å². The van der Waals surface area contributed by atoms with Gasteiger partial charge in [-0.3, -0.25) is 0 Å². The molecule has 0 saturated heterocycles. The Morgan fingerprint density at radius 2 is 2.40 bits per heavy atom. The van der Waals surface area contributed by atoms with Crippen molar-refractivity contribution in [1.29, 1.82) is 0 Å². The van der Waals surface area contributed by atoms with Gasteiger partial charge in [-0.05, 0) is 19.8 Å². The van der Waals surface area contributed by atoms with Gasteiger partial charge in [-0.25, -0.2) is 0 Å². The van der Waals surface area contributed by atoms with E-state index in [-0.39, 0.29) is 12.6 Å². The SMILES string of the molecule is Cc1nnc(SCC(CO)NC2CC2)s1. The summed E-state index contributed by atoms with van der Waals surface area (Å²) in [6.07, 6.45) is 2.50. The lowest BCUT2D eigenvalue weighted by Crippen LogP contribution is -2.36. The van der Waals surface area contributed by atoms with Crippen LogP contribution in [0.3, 0.4) is 0 Å². The van der Waals surface area contributed by atoms with Gasteiger partial charge in [-0.2, -0.15) is 0 Å². The van der Waals surface area contributed by atoms with Gasteiger partial charge in [0.15, 0.2) is 4.34 Å². The van der Waals surface area contributed by atoms with Crippen molar-refractivity contribution in [2.45, 2.75) is 36.2 Å². The summed E-state index contributed by atoms with van der Waals surface area (Å²) in [5.74, 6) is 0.863. The van der Waals surface area contributed by atoms with E-state index < -0.39 is 0 Å². The molecule has 0 aliphatic heterocycles. The molecule has 1 aromatic heterocycles. The van der Waals surface area contributed by atoms with Gasteiger partial charge in [0, 0.05) is 17.8 Å². The lowest BCUT2D eigenvalue weighted by atomic mass is 10.3. The van der Waals surface area contributed by atoms with Crippen LogP contribution in [0.2, 0.25) is 0 Å². The lowest BCUT2D eigenvalue weighted by Gasteiger charge is -2.13. The number of aliphatic hydroxyl groups is 1. The first kappa shape index (κ1) is 11.3. The highest BCUT2D eigenvalue weighted by atomic mass is 32.2. The van der Waals surface area contributed by atoms with Gasteiger partial charge in [0.2, 0.25) is 0 Å². The molecule has 2 N–H and O–H groups in total. The predicted molar refractivity (Wildman–Crippen MR) is 62.4 cm³/mol. The number of hydrogen-bond acceptors (Lipinski definition) is 6. The Bertz CT molecular complexity index is 314. The number of aromatic nitrogens is 2. The number of nitrogens with zero attached hydrogens (tertiary/aromatic N) is 2. The molecule has 1 atom stereocenters. The van der Waals surface area contributed by atoms with Crippen LogP contribution in [0.4, 0.5) is 0 Å². The summed E-state index contributed by atoms with van der Waals surface area (Å²) in [4.78, 5) is 0. The first-order chi connectivity index (χ1) is 7.28. The Balaban J connectivity index is 1.74. The van der Waals surface area contributed by atoms with Crippen LogP contribution in [-0.4, -0.2) is 39.7 Å². The van der Waals surface area contributed by atoms with Crippen LogP contribution in [0.5, 0.6) is 0 Å². The van der Waals surface area contributed by atoms with Crippen LogP contribution in [0.15, 0.2) is 4.34 Å². The van der Waals surface area contributed by atoms with Crippen LogP contribution < -0.4 is 5.32 Å². The monoisotopic (exact) mass is 245 g/mol. The third-order valence-electron chi connectivity index (χ3n) is 2.18. The number of nitrogens with one attached hydrogen (secondary N) is 1. The minimum Gasteiger partial charge on any atom is -0.395 e. The fraction of sp³-hybridized carbons (Fsp3) is 0.778. The molecule has 0 bridgehead atoms. The van der Waals surface area contributed by atoms with Crippen molar-refractivity contribution in [3.63, 3.8) is 0 Å². The van der Waals surface area contributed by atoms with Gasteiger partial charge in [-0.15, -0.1) is 10.2 Å². The summed E-state index contributed by atoms with van der Waals surface area (Å²) in [6, 6.07) is 0.825. The Labute approximate surface area is 97.5 Å². The molecule has 1 aliphatic rings. The molecular weight excluding hydrogens is 230 g/mol. The van der Waals surface area contributed by atoms with Crippen LogP contribution >= 0.6 is 23.1 Å². The van der Waals surface area contributed by atoms with E-state index in [0.29, 0.717) is 6.04 Å². The minimum absolute atomic E-state index is 0.187. The van der Waals surface area contributed by atoms with Crippen molar-refractivity contribution in [2.75, 3.05) is 12.4 Å². The number of rotatable bonds is 6. The molecule has 1 fully saturated rings. The summed E-state index contributed by atoms with van der Waals surface area (Å²) in [5, 5.41) is 21.6. The Morgan fingerprint density at radius 1 is 1.60 bits per heavy atom. The zero-order valence-corrected chi connectivity index (χ0v) is 10.3. The first-order valence-electron chi connectivity index (χ1n) is 5.07. The van der Waals surface area contributed by atoms with Gasteiger partial charge in [-0.1, -0.05) is 23.1 Å². The minimum atomic E-state index is 0.187. The molecule has 15 heavy (non-hydrogen) atoms. The molecule has 1 aromatic rings. The van der Waals surface area contributed by atoms with E-state index in [1.54, 1.807) is 23.1 Å². The zero-order valence-electron chi connectivity index (χ0n) is 8.64. The molecule has 1 unspecified atom stereocenters. The summed E-state index contributed by atoms with van der Waals surface area (Å²) in [6.45, 7) is 2.15. The van der Waals surface area contributed by atoms with Crippen molar-refractivity contribution in [3.8, 4) is 0 Å². The highest BCUT2D eigenvalue weighted by Crippen LogP contribution is 2.24. The number of hydrogen-bond donors (Lipinski definition) is 2. The summed E-state index contributed by atoms with van der Waals surface area (Å²) in [7, 11) is 0. The van der Waals surface area contributed by atoms with E-state index in [2.05, 4.69) is 15.5 Å². The standard InChI is InChI=1S/C9H15N3OS2/c1-6-11-12-9(15-6)14-5-8(4-13)10-7-2-3-7/h7-8,10,13H,2-5H2,1H3. The normalized spacial score (nSPS) is 18.0. The second-order valence-electron chi connectivity index (χ2n) is 3.72. The zero-order chi connectivity index (χ0) is 10.7. The third-order valence-corrected chi connectivity index (χ3v) is 4.32. The van der Waals surface area contributed by atoms with Crippen molar-refractivity contribution >= 4 is 23.1 Å². The molecular formula is C9H15N3OS2. The molecule has 1 saturated carbocycles. The second kappa shape index (κ2) is 5.25. The van der Waals surface area contributed by atoms with Gasteiger partial charge in [0.05, 0.1) is 6.61 Å². The van der Waals surface area contributed by atoms with E-state index in [0.717, 1.165) is 15.1 Å². The van der Waals surface area contributed by atoms with Crippen LogP contribution in [0, 0.1) is 6.92 Å². The van der Waals surface area contributed by atoms with E-state index in [9.17, 15) is 5.11 Å². The molecule has 6 heteroatoms. The molecule has 2 rings (SSSR count). The summed E-state index contributed by atoms with van der Waals surface area (Å²) < 4.78 is 0.989. The van der Waals surface area contributed by atoms with Gasteiger partial charge < -0.3 is 10.4 Å². The van der Waals surface area contributed by atoms with Crippen LogP contribution in [-0.2, 0) is 0 Å². The van der Waals surface area contributed by atoms with Crippen LogP contribution in [0.25, 0.3) is 0 Å². The van der Waals surface area contributed by atoms with Crippen molar-refractivity contribution in [2.24, 2.45) is 0 Å². The molecule has 0 aromatic carbocycles. The maximum absolute atomic E-state index is 9.18. The van der Waals surface area contributed by atoms with Gasteiger partial charge in [0.1, 0.15) is 5.01 Å². The van der Waals surface area contributed by atoms with Crippen molar-refractivity contribution in [1.82, 2.24) is 15.5 Å². The molecule has 0 radical (unpaired) electrons. The summed E-state index contributed by atoms with van der Waals surface area (Å²) >= 11 is 3.27. The van der Waals surface area contributed by atoms with E-state index in [4.69, 9.17) is 0 Å². The second-order valence-corrected chi connectivity index (χ2v) is 6.17. The van der Waals surface area contributed by atoms with E-state index >= 15 is 0 Å². The summed E-state index contributed by atoms with van der Waals surface area (Å²) in [5.41, 5.74) is 0. The highest BCUT2D eigenvalue weighted by molar-refractivity contribution is 8.01. The highest BCUT2D eigenvalue weighted by Gasteiger charge is 2.24. The molecule has 0 spiro atoms.